The minimum absolute atomic E-state index is 0.109. The third-order valence-electron chi connectivity index (χ3n) is 3.09. The summed E-state index contributed by atoms with van der Waals surface area (Å²) in [6.45, 7) is 2.15. The van der Waals surface area contributed by atoms with Crippen LogP contribution in [0.5, 0.6) is 0 Å². The molecule has 3 fully saturated rings. The molecular weight excluding hydrogens is 186 g/mol. The first-order valence-electron chi connectivity index (χ1n) is 4.60. The van der Waals surface area contributed by atoms with Crippen molar-refractivity contribution < 1.29 is 19.4 Å². The van der Waals surface area contributed by atoms with E-state index in [9.17, 15) is 9.59 Å². The molecular formula is C9H13NO4. The molecule has 0 radical (unpaired) electrons. The van der Waals surface area contributed by atoms with Crippen molar-refractivity contribution in [3.8, 4) is 0 Å². The Bertz CT molecular complexity index is 293. The Balaban J connectivity index is 1.94. The van der Waals surface area contributed by atoms with E-state index >= 15 is 0 Å². The van der Waals surface area contributed by atoms with Crippen LogP contribution in [0.3, 0.4) is 0 Å². The van der Waals surface area contributed by atoms with Gasteiger partial charge in [-0.3, -0.25) is 9.59 Å². The van der Waals surface area contributed by atoms with Crippen LogP contribution >= 0.6 is 0 Å². The average molecular weight is 199 g/mol. The molecule has 0 aromatic rings. The third-order valence-corrected chi connectivity index (χ3v) is 3.09. The van der Waals surface area contributed by atoms with Crippen molar-refractivity contribution in [2.24, 2.45) is 5.41 Å². The quantitative estimate of drug-likeness (QED) is 0.657. The largest absolute Gasteiger partial charge is 0.481 e. The van der Waals surface area contributed by atoms with Crippen molar-refractivity contribution in [3.63, 3.8) is 0 Å². The number of amides is 1. The number of carbonyl (C=O) groups is 2. The number of aliphatic carboxylic acids is 1. The molecule has 0 atom stereocenters. The molecule has 2 heterocycles. The number of nitrogens with one attached hydrogen (secondary N) is 1. The van der Waals surface area contributed by atoms with Gasteiger partial charge < -0.3 is 15.2 Å². The Hall–Kier alpha value is -1.10. The number of hydrogen-bond acceptors (Lipinski definition) is 3. The maximum atomic E-state index is 10.9. The van der Waals surface area contributed by atoms with Gasteiger partial charge in [0.1, 0.15) is 0 Å². The molecule has 1 saturated carbocycles. The molecule has 14 heavy (non-hydrogen) atoms. The summed E-state index contributed by atoms with van der Waals surface area (Å²) in [5, 5.41) is 11.6. The van der Waals surface area contributed by atoms with Gasteiger partial charge in [-0.05, 0) is 12.8 Å². The zero-order valence-electron chi connectivity index (χ0n) is 8.00. The first kappa shape index (κ1) is 9.45. The number of carbonyl (C=O) groups excluding carboxylic acids is 1. The highest BCUT2D eigenvalue weighted by Crippen LogP contribution is 2.57. The van der Waals surface area contributed by atoms with Crippen molar-refractivity contribution >= 4 is 11.9 Å². The molecule has 0 aromatic heterocycles. The van der Waals surface area contributed by atoms with E-state index < -0.39 is 17.0 Å². The molecule has 0 spiro atoms. The second kappa shape index (κ2) is 2.70. The van der Waals surface area contributed by atoms with Crippen LogP contribution in [0.4, 0.5) is 0 Å². The Morgan fingerprint density at radius 1 is 1.50 bits per heavy atom. The lowest BCUT2D eigenvalue weighted by molar-refractivity contribution is -0.153. The Morgan fingerprint density at radius 3 is 2.57 bits per heavy atom. The lowest BCUT2D eigenvalue weighted by Crippen LogP contribution is -2.54. The van der Waals surface area contributed by atoms with Crippen LogP contribution < -0.4 is 5.32 Å². The van der Waals surface area contributed by atoms with Crippen molar-refractivity contribution in [1.29, 1.82) is 0 Å². The van der Waals surface area contributed by atoms with E-state index in [-0.39, 0.29) is 12.5 Å². The Kier molecular flexibility index (Phi) is 1.82. The van der Waals surface area contributed by atoms with Gasteiger partial charge in [0.05, 0.1) is 17.6 Å². The standard InChI is InChI=1S/C9H13NO4/c1-6(11)10-4-9-2-8(3-9,5-14-9)7(12)13/h2-5H2,1H3,(H,10,11)(H,12,13). The van der Waals surface area contributed by atoms with E-state index in [1.807, 2.05) is 0 Å². The fourth-order valence-corrected chi connectivity index (χ4v) is 2.35. The lowest BCUT2D eigenvalue weighted by atomic mass is 9.62. The highest BCUT2D eigenvalue weighted by Gasteiger charge is 2.66. The molecule has 3 rings (SSSR count). The average Bonchev–Trinajstić information content (AvgIpc) is 2.54. The minimum Gasteiger partial charge on any atom is -0.481 e. The number of carboxylic acids is 1. The third kappa shape index (κ3) is 1.19. The van der Waals surface area contributed by atoms with Gasteiger partial charge in [0, 0.05) is 13.5 Å². The monoisotopic (exact) mass is 199 g/mol. The van der Waals surface area contributed by atoms with Crippen LogP contribution in [0.15, 0.2) is 0 Å². The topological polar surface area (TPSA) is 75.6 Å². The van der Waals surface area contributed by atoms with Gasteiger partial charge in [0.25, 0.3) is 0 Å². The molecule has 2 bridgehead atoms. The highest BCUT2D eigenvalue weighted by atomic mass is 16.5. The predicted octanol–water partition coefficient (Wildman–Crippen LogP) is -0.244. The second-order valence-corrected chi connectivity index (χ2v) is 4.32. The van der Waals surface area contributed by atoms with E-state index in [4.69, 9.17) is 9.84 Å². The van der Waals surface area contributed by atoms with Gasteiger partial charge in [0.15, 0.2) is 0 Å². The minimum atomic E-state index is -0.784. The molecule has 5 heteroatoms. The van der Waals surface area contributed by atoms with Crippen LogP contribution in [-0.2, 0) is 14.3 Å². The number of fused-ring (bicyclic) bond motifs is 1. The first-order chi connectivity index (χ1) is 6.48. The van der Waals surface area contributed by atoms with E-state index in [0.717, 1.165) is 0 Å². The summed E-state index contributed by atoms with van der Waals surface area (Å²) in [7, 11) is 0. The number of rotatable bonds is 3. The molecule has 5 nitrogen and oxygen atoms in total. The smallest absolute Gasteiger partial charge is 0.312 e. The molecule has 78 valence electrons. The number of carboxylic acid groups (broad SMARTS) is 1. The SMILES string of the molecule is CC(=O)NCC12CC(C(=O)O)(CO1)C2. The Labute approximate surface area is 81.4 Å². The normalized spacial score (nSPS) is 38.9. The van der Waals surface area contributed by atoms with Crippen molar-refractivity contribution in [3.05, 3.63) is 0 Å². The van der Waals surface area contributed by atoms with E-state index in [2.05, 4.69) is 5.32 Å². The van der Waals surface area contributed by atoms with Gasteiger partial charge in [-0.1, -0.05) is 0 Å². The van der Waals surface area contributed by atoms with Crippen molar-refractivity contribution in [2.75, 3.05) is 13.2 Å². The summed E-state index contributed by atoms with van der Waals surface area (Å²) in [4.78, 5) is 21.6. The van der Waals surface area contributed by atoms with Crippen LogP contribution in [0, 0.1) is 5.41 Å². The summed E-state index contributed by atoms with van der Waals surface area (Å²) >= 11 is 0. The Morgan fingerprint density at radius 2 is 2.14 bits per heavy atom. The number of ether oxygens (including phenoxy) is 1. The molecule has 2 aliphatic heterocycles. The summed E-state index contributed by atoms with van der Waals surface area (Å²) in [6.07, 6.45) is 1.05. The van der Waals surface area contributed by atoms with E-state index in [1.165, 1.54) is 6.92 Å². The molecule has 2 saturated heterocycles. The van der Waals surface area contributed by atoms with Gasteiger partial charge in [-0.25, -0.2) is 0 Å². The number of hydrogen-bond donors (Lipinski definition) is 2. The molecule has 1 amide bonds. The molecule has 1 aliphatic carbocycles. The molecule has 3 aliphatic rings. The fraction of sp³-hybridized carbons (Fsp3) is 0.778. The van der Waals surface area contributed by atoms with Crippen LogP contribution in [0.1, 0.15) is 19.8 Å². The predicted molar refractivity (Wildman–Crippen MR) is 46.7 cm³/mol. The summed E-state index contributed by atoms with van der Waals surface area (Å²) in [5.41, 5.74) is -1.07. The van der Waals surface area contributed by atoms with Crippen LogP contribution in [0.25, 0.3) is 0 Å². The first-order valence-corrected chi connectivity index (χ1v) is 4.60. The van der Waals surface area contributed by atoms with Crippen molar-refractivity contribution in [2.45, 2.75) is 25.4 Å². The van der Waals surface area contributed by atoms with E-state index in [0.29, 0.717) is 19.4 Å². The maximum Gasteiger partial charge on any atom is 0.312 e. The van der Waals surface area contributed by atoms with Crippen molar-refractivity contribution in [1.82, 2.24) is 5.32 Å². The van der Waals surface area contributed by atoms with Crippen LogP contribution in [0.2, 0.25) is 0 Å². The molecule has 0 aromatic carbocycles. The fourth-order valence-electron chi connectivity index (χ4n) is 2.35. The summed E-state index contributed by atoms with van der Waals surface area (Å²) < 4.78 is 5.43. The zero-order chi connectivity index (χ0) is 10.4. The summed E-state index contributed by atoms with van der Waals surface area (Å²) in [6, 6.07) is 0. The molecule has 0 unspecified atom stereocenters. The van der Waals surface area contributed by atoms with E-state index in [1.54, 1.807) is 0 Å². The maximum absolute atomic E-state index is 10.9. The van der Waals surface area contributed by atoms with Gasteiger partial charge in [-0.2, -0.15) is 0 Å². The molecule has 2 N–H and O–H groups in total. The zero-order valence-corrected chi connectivity index (χ0v) is 8.00. The van der Waals surface area contributed by atoms with Crippen LogP contribution in [-0.4, -0.2) is 35.7 Å². The summed E-state index contributed by atoms with van der Waals surface area (Å²) in [5.74, 6) is -0.892. The van der Waals surface area contributed by atoms with Gasteiger partial charge in [0.2, 0.25) is 5.91 Å². The van der Waals surface area contributed by atoms with Gasteiger partial charge in [-0.15, -0.1) is 0 Å². The lowest BCUT2D eigenvalue weighted by Gasteiger charge is -2.41. The second-order valence-electron chi connectivity index (χ2n) is 4.32. The van der Waals surface area contributed by atoms with Gasteiger partial charge >= 0.3 is 5.97 Å². The highest BCUT2D eigenvalue weighted by molar-refractivity contribution is 5.78.